The van der Waals surface area contributed by atoms with Gasteiger partial charge in [0.05, 0.1) is 11.2 Å². The van der Waals surface area contributed by atoms with E-state index in [4.69, 9.17) is 4.65 Å². The maximum Gasteiger partial charge on any atom is 0.296 e. The average Bonchev–Trinajstić information content (AvgIpc) is 2.25. The Hall–Kier alpha value is -0.0551. The molecular weight excluding hydrogens is 213 g/mol. The van der Waals surface area contributed by atoms with Gasteiger partial charge in [-0.15, -0.1) is 0 Å². The van der Waals surface area contributed by atoms with Gasteiger partial charge in [-0.1, -0.05) is 12.8 Å². The highest BCUT2D eigenvalue weighted by molar-refractivity contribution is 6.29. The van der Waals surface area contributed by atoms with E-state index >= 15 is 0 Å². The highest BCUT2D eigenvalue weighted by atomic mass is 16.5. The molecular formula is C13H27BNO2. The number of hydrogen-bond acceptors (Lipinski definition) is 3. The normalized spacial score (nSPS) is 26.9. The zero-order chi connectivity index (χ0) is 13.1. The molecule has 1 aliphatic carbocycles. The summed E-state index contributed by atoms with van der Waals surface area (Å²) in [6.07, 6.45) is 4.77. The van der Waals surface area contributed by atoms with Crippen LogP contribution in [0, 0.1) is 0 Å². The summed E-state index contributed by atoms with van der Waals surface area (Å²) >= 11 is 0. The van der Waals surface area contributed by atoms with Crippen LogP contribution in [-0.4, -0.2) is 36.9 Å². The molecule has 3 nitrogen and oxygen atoms in total. The summed E-state index contributed by atoms with van der Waals surface area (Å²) < 4.78 is 5.81. The second kappa shape index (κ2) is 5.72. The van der Waals surface area contributed by atoms with Crippen LogP contribution in [0.2, 0.25) is 5.82 Å². The first kappa shape index (κ1) is 15.0. The molecule has 0 aromatic heterocycles. The van der Waals surface area contributed by atoms with Crippen LogP contribution >= 0.6 is 0 Å². The molecule has 0 spiro atoms. The first-order chi connectivity index (χ1) is 7.76. The van der Waals surface area contributed by atoms with E-state index in [1.807, 2.05) is 28.4 Å². The molecule has 17 heavy (non-hydrogen) atoms. The number of rotatable bonds is 5. The number of hydrogen-bond donors (Lipinski definition) is 2. The van der Waals surface area contributed by atoms with Crippen LogP contribution in [0.5, 0.6) is 0 Å². The third kappa shape index (κ3) is 4.27. The van der Waals surface area contributed by atoms with Gasteiger partial charge in [0.2, 0.25) is 0 Å². The van der Waals surface area contributed by atoms with E-state index in [0.717, 1.165) is 0 Å². The van der Waals surface area contributed by atoms with Crippen molar-refractivity contribution in [1.82, 2.24) is 5.32 Å². The molecule has 1 saturated carbocycles. The van der Waals surface area contributed by atoms with Gasteiger partial charge in [0.1, 0.15) is 0 Å². The van der Waals surface area contributed by atoms with E-state index in [1.54, 1.807) is 13.8 Å². The van der Waals surface area contributed by atoms with Gasteiger partial charge in [-0.2, -0.15) is 0 Å². The quantitative estimate of drug-likeness (QED) is 0.723. The van der Waals surface area contributed by atoms with Gasteiger partial charge >= 0.3 is 0 Å². The Bertz CT molecular complexity index is 230. The van der Waals surface area contributed by atoms with E-state index in [1.165, 1.54) is 25.7 Å². The SMILES string of the molecule is CNC1CCC([B]OC(C)(C)C(C)(C)O)CC1. The van der Waals surface area contributed by atoms with E-state index in [0.29, 0.717) is 11.9 Å². The lowest BCUT2D eigenvalue weighted by atomic mass is 9.68. The van der Waals surface area contributed by atoms with Crippen molar-refractivity contribution in [2.24, 2.45) is 0 Å². The smallest absolute Gasteiger partial charge is 0.296 e. The number of nitrogens with one attached hydrogen (secondary N) is 1. The summed E-state index contributed by atoms with van der Waals surface area (Å²) in [7, 11) is 3.98. The van der Waals surface area contributed by atoms with Gasteiger partial charge in [0.15, 0.2) is 0 Å². The minimum Gasteiger partial charge on any atom is -0.433 e. The summed E-state index contributed by atoms with van der Waals surface area (Å²) in [5.41, 5.74) is -1.36. The molecule has 1 fully saturated rings. The monoisotopic (exact) mass is 240 g/mol. The van der Waals surface area contributed by atoms with Crippen LogP contribution in [0.25, 0.3) is 0 Å². The van der Waals surface area contributed by atoms with Crippen molar-refractivity contribution in [3.63, 3.8) is 0 Å². The fraction of sp³-hybridized carbons (Fsp3) is 1.00. The highest BCUT2D eigenvalue weighted by Crippen LogP contribution is 2.31. The molecule has 0 atom stereocenters. The second-order valence-electron chi connectivity index (χ2n) is 6.22. The molecule has 0 amide bonds. The molecule has 0 unspecified atom stereocenters. The third-order valence-corrected chi connectivity index (χ3v) is 4.21. The van der Waals surface area contributed by atoms with Gasteiger partial charge in [-0.3, -0.25) is 0 Å². The number of aliphatic hydroxyl groups is 1. The molecule has 1 rings (SSSR count). The summed E-state index contributed by atoms with van der Waals surface area (Å²) in [4.78, 5) is 0. The molecule has 1 aliphatic rings. The maximum absolute atomic E-state index is 10.0. The Balaban J connectivity index is 2.33. The molecule has 4 heteroatoms. The summed E-state index contributed by atoms with van der Waals surface area (Å²) in [5.74, 6) is 0.529. The summed E-state index contributed by atoms with van der Waals surface area (Å²) in [6.45, 7) is 7.45. The van der Waals surface area contributed by atoms with Gasteiger partial charge in [-0.25, -0.2) is 0 Å². The maximum atomic E-state index is 10.0. The van der Waals surface area contributed by atoms with Crippen molar-refractivity contribution in [2.75, 3.05) is 7.05 Å². The predicted octanol–water partition coefficient (Wildman–Crippen LogP) is 2.12. The predicted molar refractivity (Wildman–Crippen MR) is 72.3 cm³/mol. The first-order valence-corrected chi connectivity index (χ1v) is 6.67. The lowest BCUT2D eigenvalue weighted by Crippen LogP contribution is -2.48. The molecule has 2 N–H and O–H groups in total. The Morgan fingerprint density at radius 3 is 2.06 bits per heavy atom. The van der Waals surface area contributed by atoms with Crippen molar-refractivity contribution >= 4 is 7.48 Å². The average molecular weight is 240 g/mol. The van der Waals surface area contributed by atoms with Crippen molar-refractivity contribution < 1.29 is 9.76 Å². The molecule has 99 valence electrons. The largest absolute Gasteiger partial charge is 0.433 e. The molecule has 0 heterocycles. The summed E-state index contributed by atoms with van der Waals surface area (Å²) in [6, 6.07) is 0.668. The molecule has 0 saturated heterocycles. The Morgan fingerprint density at radius 1 is 1.12 bits per heavy atom. The zero-order valence-corrected chi connectivity index (χ0v) is 11.9. The van der Waals surface area contributed by atoms with Crippen LogP contribution in [0.15, 0.2) is 0 Å². The van der Waals surface area contributed by atoms with Gasteiger partial charge in [0.25, 0.3) is 7.48 Å². The van der Waals surface area contributed by atoms with E-state index < -0.39 is 11.2 Å². The molecule has 0 aromatic rings. The van der Waals surface area contributed by atoms with E-state index in [9.17, 15) is 5.11 Å². The molecule has 0 aliphatic heterocycles. The second-order valence-corrected chi connectivity index (χ2v) is 6.22. The van der Waals surface area contributed by atoms with Gasteiger partial charge < -0.3 is 15.1 Å². The third-order valence-electron chi connectivity index (χ3n) is 4.21. The lowest BCUT2D eigenvalue weighted by molar-refractivity contribution is -0.0912. The van der Waals surface area contributed by atoms with Gasteiger partial charge in [0, 0.05) is 6.04 Å². The molecule has 1 radical (unpaired) electrons. The van der Waals surface area contributed by atoms with Crippen molar-refractivity contribution in [3.05, 3.63) is 0 Å². The van der Waals surface area contributed by atoms with E-state index in [-0.39, 0.29) is 0 Å². The zero-order valence-electron chi connectivity index (χ0n) is 11.9. The van der Waals surface area contributed by atoms with Crippen LogP contribution in [0.3, 0.4) is 0 Å². The van der Waals surface area contributed by atoms with Crippen LogP contribution in [0.1, 0.15) is 53.4 Å². The minimum atomic E-state index is -0.828. The van der Waals surface area contributed by atoms with Crippen molar-refractivity contribution in [3.8, 4) is 0 Å². The Morgan fingerprint density at radius 2 is 1.65 bits per heavy atom. The fourth-order valence-electron chi connectivity index (χ4n) is 1.95. The lowest BCUT2D eigenvalue weighted by Gasteiger charge is -2.39. The standard InChI is InChI=1S/C13H27BNO2/c1-12(2,16)13(3,4)17-14-10-6-8-11(15-5)9-7-10/h10-11,15-16H,6-9H2,1-5H3. The summed E-state index contributed by atoms with van der Waals surface area (Å²) in [5, 5.41) is 13.3. The topological polar surface area (TPSA) is 41.5 Å². The van der Waals surface area contributed by atoms with Crippen molar-refractivity contribution in [1.29, 1.82) is 0 Å². The van der Waals surface area contributed by atoms with E-state index in [2.05, 4.69) is 5.32 Å². The van der Waals surface area contributed by atoms with Gasteiger partial charge in [-0.05, 0) is 53.4 Å². The van der Waals surface area contributed by atoms with Crippen LogP contribution < -0.4 is 5.32 Å². The Labute approximate surface area is 107 Å². The molecule has 0 aromatic carbocycles. The first-order valence-electron chi connectivity index (χ1n) is 6.67. The minimum absolute atomic E-state index is 0.529. The Kier molecular flexibility index (Phi) is 5.05. The van der Waals surface area contributed by atoms with Crippen molar-refractivity contribution in [2.45, 2.75) is 76.4 Å². The highest BCUT2D eigenvalue weighted by Gasteiger charge is 2.36. The van der Waals surface area contributed by atoms with Crippen LogP contribution in [0.4, 0.5) is 0 Å². The van der Waals surface area contributed by atoms with Crippen LogP contribution in [-0.2, 0) is 4.65 Å². The molecule has 0 bridgehead atoms. The fourth-order valence-corrected chi connectivity index (χ4v) is 1.95.